The standard InChI is InChI=1S/C17H12Cl2N2O2S2/c18-12-5-3-10(8-13(12)19)21-17(23)20-9-11-4-6-15(25-11)16(22)14-2-1-7-24-14/h1-8H,9H2,(H2,20,21,23). The molecule has 128 valence electrons. The number of ketones is 1. The zero-order valence-electron chi connectivity index (χ0n) is 12.7. The quantitative estimate of drug-likeness (QED) is 0.532. The van der Waals surface area contributed by atoms with Crippen molar-refractivity contribution in [2.45, 2.75) is 6.54 Å². The molecule has 0 saturated heterocycles. The Balaban J connectivity index is 1.55. The minimum atomic E-state index is -0.363. The van der Waals surface area contributed by atoms with Crippen molar-refractivity contribution in [1.82, 2.24) is 5.32 Å². The van der Waals surface area contributed by atoms with Gasteiger partial charge in [0.05, 0.1) is 26.3 Å². The van der Waals surface area contributed by atoms with Crippen LogP contribution < -0.4 is 10.6 Å². The number of nitrogens with one attached hydrogen (secondary N) is 2. The average molecular weight is 411 g/mol. The highest BCUT2D eigenvalue weighted by Crippen LogP contribution is 2.25. The van der Waals surface area contributed by atoms with Crippen LogP contribution in [-0.4, -0.2) is 11.8 Å². The summed E-state index contributed by atoms with van der Waals surface area (Å²) >= 11 is 14.5. The minimum Gasteiger partial charge on any atom is -0.333 e. The summed E-state index contributed by atoms with van der Waals surface area (Å²) < 4.78 is 0. The number of benzene rings is 1. The molecule has 0 spiro atoms. The summed E-state index contributed by atoms with van der Waals surface area (Å²) in [6.45, 7) is 0.329. The van der Waals surface area contributed by atoms with E-state index in [0.717, 1.165) is 4.88 Å². The first-order chi connectivity index (χ1) is 12.0. The Kier molecular flexibility index (Phi) is 5.75. The molecular formula is C17H12Cl2N2O2S2. The molecule has 0 aliphatic carbocycles. The van der Waals surface area contributed by atoms with Gasteiger partial charge < -0.3 is 10.6 Å². The monoisotopic (exact) mass is 410 g/mol. The summed E-state index contributed by atoms with van der Waals surface area (Å²) in [6.07, 6.45) is 0. The van der Waals surface area contributed by atoms with Crippen molar-refractivity contribution >= 4 is 63.4 Å². The number of halogens is 2. The molecule has 0 aliphatic heterocycles. The molecule has 2 N–H and O–H groups in total. The van der Waals surface area contributed by atoms with E-state index >= 15 is 0 Å². The summed E-state index contributed by atoms with van der Waals surface area (Å²) in [5, 5.41) is 8.09. The lowest BCUT2D eigenvalue weighted by Gasteiger charge is -2.07. The van der Waals surface area contributed by atoms with Crippen LogP contribution in [0.1, 0.15) is 19.4 Å². The van der Waals surface area contributed by atoms with Crippen LogP contribution in [0.3, 0.4) is 0 Å². The number of rotatable bonds is 5. The summed E-state index contributed by atoms with van der Waals surface area (Å²) in [5.74, 6) is 0.00603. The van der Waals surface area contributed by atoms with E-state index in [1.165, 1.54) is 22.7 Å². The molecule has 8 heteroatoms. The summed E-state index contributed by atoms with van der Waals surface area (Å²) in [7, 11) is 0. The van der Waals surface area contributed by atoms with Gasteiger partial charge in [-0.05, 0) is 41.8 Å². The van der Waals surface area contributed by atoms with Crippen molar-refractivity contribution in [3.63, 3.8) is 0 Å². The predicted octanol–water partition coefficient (Wildman–Crippen LogP) is 5.67. The number of thiophene rings is 2. The van der Waals surface area contributed by atoms with Gasteiger partial charge in [0, 0.05) is 10.6 Å². The van der Waals surface area contributed by atoms with Gasteiger partial charge in [-0.3, -0.25) is 4.79 Å². The Morgan fingerprint density at radius 2 is 1.84 bits per heavy atom. The van der Waals surface area contributed by atoms with Gasteiger partial charge in [-0.25, -0.2) is 4.79 Å². The normalized spacial score (nSPS) is 10.5. The molecule has 0 saturated carbocycles. The van der Waals surface area contributed by atoms with E-state index in [4.69, 9.17) is 23.2 Å². The number of anilines is 1. The first-order valence-corrected chi connectivity index (χ1v) is 9.65. The van der Waals surface area contributed by atoms with Crippen molar-refractivity contribution in [3.05, 3.63) is 72.5 Å². The van der Waals surface area contributed by atoms with Gasteiger partial charge >= 0.3 is 6.03 Å². The first-order valence-electron chi connectivity index (χ1n) is 7.20. The predicted molar refractivity (Wildman–Crippen MR) is 104 cm³/mol. The highest BCUT2D eigenvalue weighted by atomic mass is 35.5. The second kappa shape index (κ2) is 8.01. The van der Waals surface area contributed by atoms with Gasteiger partial charge in [-0.1, -0.05) is 29.3 Å². The lowest BCUT2D eigenvalue weighted by atomic mass is 10.3. The molecule has 25 heavy (non-hydrogen) atoms. The van der Waals surface area contributed by atoms with Crippen LogP contribution in [0.15, 0.2) is 47.8 Å². The maximum Gasteiger partial charge on any atom is 0.319 e. The lowest BCUT2D eigenvalue weighted by Crippen LogP contribution is -2.27. The van der Waals surface area contributed by atoms with E-state index in [-0.39, 0.29) is 11.8 Å². The van der Waals surface area contributed by atoms with Crippen LogP contribution in [-0.2, 0) is 6.54 Å². The van der Waals surface area contributed by atoms with Crippen LogP contribution in [0.5, 0.6) is 0 Å². The van der Waals surface area contributed by atoms with E-state index < -0.39 is 0 Å². The third-order valence-electron chi connectivity index (χ3n) is 3.23. The van der Waals surface area contributed by atoms with Crippen molar-refractivity contribution in [2.75, 3.05) is 5.32 Å². The Bertz CT molecular complexity index is 907. The topological polar surface area (TPSA) is 58.2 Å². The zero-order chi connectivity index (χ0) is 17.8. The molecule has 0 aliphatic rings. The fourth-order valence-electron chi connectivity index (χ4n) is 2.04. The zero-order valence-corrected chi connectivity index (χ0v) is 15.9. The van der Waals surface area contributed by atoms with Gasteiger partial charge in [0.25, 0.3) is 0 Å². The van der Waals surface area contributed by atoms with Gasteiger partial charge in [0.15, 0.2) is 0 Å². The number of carbonyl (C=O) groups excluding carboxylic acids is 2. The first kappa shape index (κ1) is 17.9. The molecule has 0 bridgehead atoms. The lowest BCUT2D eigenvalue weighted by molar-refractivity contribution is 0.104. The van der Waals surface area contributed by atoms with Crippen molar-refractivity contribution in [1.29, 1.82) is 0 Å². The molecule has 0 atom stereocenters. The number of amides is 2. The number of urea groups is 1. The molecule has 1 aromatic carbocycles. The summed E-state index contributed by atoms with van der Waals surface area (Å²) in [6, 6.07) is 11.8. The van der Waals surface area contributed by atoms with Gasteiger partial charge in [-0.2, -0.15) is 0 Å². The maximum absolute atomic E-state index is 12.3. The van der Waals surface area contributed by atoms with Crippen LogP contribution >= 0.6 is 45.9 Å². The second-order valence-corrected chi connectivity index (χ2v) is 7.94. The fourth-order valence-corrected chi connectivity index (χ4v) is 3.98. The molecule has 4 nitrogen and oxygen atoms in total. The van der Waals surface area contributed by atoms with E-state index in [0.29, 0.717) is 32.0 Å². The van der Waals surface area contributed by atoms with E-state index in [9.17, 15) is 9.59 Å². The van der Waals surface area contributed by atoms with Crippen LogP contribution in [0, 0.1) is 0 Å². The van der Waals surface area contributed by atoms with Crippen molar-refractivity contribution in [3.8, 4) is 0 Å². The SMILES string of the molecule is O=C(NCc1ccc(C(=O)c2cccs2)s1)Nc1ccc(Cl)c(Cl)c1. The van der Waals surface area contributed by atoms with E-state index in [1.54, 1.807) is 30.3 Å². The molecule has 2 aromatic heterocycles. The molecule has 0 fully saturated rings. The van der Waals surface area contributed by atoms with Crippen molar-refractivity contribution < 1.29 is 9.59 Å². The number of hydrogen-bond acceptors (Lipinski definition) is 4. The Labute approximate surface area is 162 Å². The summed E-state index contributed by atoms with van der Waals surface area (Å²) in [4.78, 5) is 26.5. The van der Waals surface area contributed by atoms with Crippen LogP contribution in [0.4, 0.5) is 10.5 Å². The largest absolute Gasteiger partial charge is 0.333 e. The molecule has 3 rings (SSSR count). The average Bonchev–Trinajstić information content (AvgIpc) is 3.27. The third-order valence-corrected chi connectivity index (χ3v) is 5.92. The molecule has 3 aromatic rings. The maximum atomic E-state index is 12.3. The smallest absolute Gasteiger partial charge is 0.319 e. The van der Waals surface area contributed by atoms with Crippen LogP contribution in [0.25, 0.3) is 0 Å². The summed E-state index contributed by atoms with van der Waals surface area (Å²) in [5.41, 5.74) is 0.548. The van der Waals surface area contributed by atoms with Gasteiger partial charge in [0.2, 0.25) is 5.78 Å². The van der Waals surface area contributed by atoms with Crippen LogP contribution in [0.2, 0.25) is 10.0 Å². The second-order valence-electron chi connectivity index (χ2n) is 5.01. The molecule has 2 amide bonds. The highest BCUT2D eigenvalue weighted by molar-refractivity contribution is 7.16. The molecular weight excluding hydrogens is 399 g/mol. The van der Waals surface area contributed by atoms with Gasteiger partial charge in [-0.15, -0.1) is 22.7 Å². The Morgan fingerprint density at radius 1 is 1.00 bits per heavy atom. The molecule has 2 heterocycles. The highest BCUT2D eigenvalue weighted by Gasteiger charge is 2.13. The third kappa shape index (κ3) is 4.61. The Hall–Kier alpha value is -1.86. The molecule has 0 unspecified atom stereocenters. The van der Waals surface area contributed by atoms with Crippen molar-refractivity contribution in [2.24, 2.45) is 0 Å². The minimum absolute atomic E-state index is 0.00603. The number of carbonyl (C=O) groups is 2. The van der Waals surface area contributed by atoms with E-state index in [2.05, 4.69) is 10.6 Å². The number of hydrogen-bond donors (Lipinski definition) is 2. The fraction of sp³-hybridized carbons (Fsp3) is 0.0588. The van der Waals surface area contributed by atoms with Gasteiger partial charge in [0.1, 0.15) is 0 Å². The Morgan fingerprint density at radius 3 is 2.56 bits per heavy atom. The molecule has 0 radical (unpaired) electrons. The van der Waals surface area contributed by atoms with E-state index in [1.807, 2.05) is 17.5 Å².